The summed E-state index contributed by atoms with van der Waals surface area (Å²) in [4.78, 5) is 28.0. The van der Waals surface area contributed by atoms with E-state index in [0.29, 0.717) is 22.7 Å². The minimum Gasteiger partial charge on any atom is -0.357 e. The van der Waals surface area contributed by atoms with Crippen molar-refractivity contribution in [3.8, 4) is 0 Å². The Bertz CT molecular complexity index is 1300. The number of carbonyl (C=O) groups is 2. The molecule has 0 aliphatic heterocycles. The molecule has 9 heteroatoms. The number of halogens is 1. The van der Waals surface area contributed by atoms with E-state index in [9.17, 15) is 18.0 Å². The number of likely N-dealkylation sites (N-methyl/N-ethyl adjacent to an activating group) is 1. The summed E-state index contributed by atoms with van der Waals surface area (Å²) in [6, 6.07) is 21.2. The number of nitrogens with zero attached hydrogens (tertiary/aromatic N) is 2. The van der Waals surface area contributed by atoms with Crippen molar-refractivity contribution in [2.24, 2.45) is 0 Å². The summed E-state index contributed by atoms with van der Waals surface area (Å²) >= 11 is 6.02. The highest BCUT2D eigenvalue weighted by atomic mass is 35.5. The van der Waals surface area contributed by atoms with Crippen LogP contribution in [0, 0.1) is 6.92 Å². The Kier molecular flexibility index (Phi) is 9.12. The zero-order valence-electron chi connectivity index (χ0n) is 20.5. The van der Waals surface area contributed by atoms with Crippen LogP contribution in [0.15, 0.2) is 83.8 Å². The molecule has 0 aliphatic rings. The van der Waals surface area contributed by atoms with Gasteiger partial charge in [-0.05, 0) is 54.8 Å². The molecular weight excluding hydrogens is 498 g/mol. The van der Waals surface area contributed by atoms with Gasteiger partial charge in [-0.15, -0.1) is 0 Å². The zero-order chi connectivity index (χ0) is 26.3. The summed E-state index contributed by atoms with van der Waals surface area (Å²) in [5.74, 6) is -0.823. The predicted octanol–water partition coefficient (Wildman–Crippen LogP) is 4.40. The highest BCUT2D eigenvalue weighted by Crippen LogP contribution is 2.27. The van der Waals surface area contributed by atoms with Crippen molar-refractivity contribution in [3.63, 3.8) is 0 Å². The lowest BCUT2D eigenvalue weighted by molar-refractivity contribution is -0.140. The Morgan fingerprint density at radius 1 is 0.944 bits per heavy atom. The molecule has 0 bridgehead atoms. The molecular formula is C27H30ClN3O4S. The van der Waals surface area contributed by atoms with Gasteiger partial charge in [-0.2, -0.15) is 0 Å². The van der Waals surface area contributed by atoms with Crippen LogP contribution in [0.3, 0.4) is 0 Å². The monoisotopic (exact) mass is 527 g/mol. The lowest BCUT2D eigenvalue weighted by Crippen LogP contribution is -2.51. The first-order valence-electron chi connectivity index (χ1n) is 11.6. The Morgan fingerprint density at radius 2 is 1.56 bits per heavy atom. The first kappa shape index (κ1) is 27.2. The van der Waals surface area contributed by atoms with Crippen LogP contribution in [-0.2, 0) is 26.2 Å². The molecule has 3 aromatic carbocycles. The fraction of sp³-hybridized carbons (Fsp3) is 0.259. The van der Waals surface area contributed by atoms with Crippen molar-refractivity contribution in [1.82, 2.24) is 10.2 Å². The van der Waals surface area contributed by atoms with Crippen LogP contribution in [-0.4, -0.2) is 44.8 Å². The van der Waals surface area contributed by atoms with Crippen molar-refractivity contribution < 1.29 is 18.0 Å². The first-order valence-corrected chi connectivity index (χ1v) is 13.4. The van der Waals surface area contributed by atoms with Gasteiger partial charge < -0.3 is 10.2 Å². The lowest BCUT2D eigenvalue weighted by atomic mass is 10.1. The number of aryl methyl sites for hydroxylation is 1. The molecule has 190 valence electrons. The van der Waals surface area contributed by atoms with E-state index in [0.717, 1.165) is 9.87 Å². The summed E-state index contributed by atoms with van der Waals surface area (Å²) in [7, 11) is -2.56. The SMILES string of the molecule is CCC(C(=O)NC)N(Cc1ccc(Cl)cc1)C(=O)CN(c1ccccc1C)S(=O)(=O)c1ccccc1. The molecule has 0 fully saturated rings. The molecule has 3 rings (SSSR count). The topological polar surface area (TPSA) is 86.8 Å². The maximum atomic E-state index is 13.8. The molecule has 2 amide bonds. The molecule has 0 aliphatic carbocycles. The van der Waals surface area contributed by atoms with E-state index in [1.807, 2.05) is 6.92 Å². The van der Waals surface area contributed by atoms with Crippen LogP contribution in [0.25, 0.3) is 0 Å². The van der Waals surface area contributed by atoms with Gasteiger partial charge >= 0.3 is 0 Å². The molecule has 7 nitrogen and oxygen atoms in total. The number of amides is 2. The largest absolute Gasteiger partial charge is 0.357 e. The molecule has 1 atom stereocenters. The average Bonchev–Trinajstić information content (AvgIpc) is 2.89. The molecule has 0 saturated heterocycles. The number of carbonyl (C=O) groups excluding carboxylic acids is 2. The number of benzene rings is 3. The minimum atomic E-state index is -4.07. The van der Waals surface area contributed by atoms with Crippen LogP contribution in [0.5, 0.6) is 0 Å². The van der Waals surface area contributed by atoms with E-state index in [1.165, 1.54) is 24.1 Å². The van der Waals surface area contributed by atoms with Crippen molar-refractivity contribution in [1.29, 1.82) is 0 Å². The maximum absolute atomic E-state index is 13.8. The Morgan fingerprint density at radius 3 is 2.14 bits per heavy atom. The summed E-state index contributed by atoms with van der Waals surface area (Å²) in [5, 5.41) is 3.16. The third-order valence-corrected chi connectivity index (χ3v) is 7.92. The van der Waals surface area contributed by atoms with Gasteiger partial charge in [-0.1, -0.05) is 67.1 Å². The van der Waals surface area contributed by atoms with Gasteiger partial charge in [-0.25, -0.2) is 8.42 Å². The molecule has 1 N–H and O–H groups in total. The number of anilines is 1. The molecule has 0 spiro atoms. The third kappa shape index (κ3) is 6.25. The Labute approximate surface area is 217 Å². The fourth-order valence-corrected chi connectivity index (χ4v) is 5.57. The smallest absolute Gasteiger partial charge is 0.264 e. The molecule has 3 aromatic rings. The van der Waals surface area contributed by atoms with Crippen LogP contribution >= 0.6 is 11.6 Å². The summed E-state index contributed by atoms with van der Waals surface area (Å²) in [6.45, 7) is 3.25. The van der Waals surface area contributed by atoms with Crippen LogP contribution in [0.4, 0.5) is 5.69 Å². The van der Waals surface area contributed by atoms with E-state index in [2.05, 4.69) is 5.32 Å². The first-order chi connectivity index (χ1) is 17.2. The number of hydrogen-bond donors (Lipinski definition) is 1. The van der Waals surface area contributed by atoms with Crippen molar-refractivity contribution >= 4 is 39.1 Å². The fourth-order valence-electron chi connectivity index (χ4n) is 3.95. The lowest BCUT2D eigenvalue weighted by Gasteiger charge is -2.33. The van der Waals surface area contributed by atoms with Gasteiger partial charge in [0.15, 0.2) is 0 Å². The summed E-state index contributed by atoms with van der Waals surface area (Å²) < 4.78 is 28.6. The van der Waals surface area contributed by atoms with Crippen molar-refractivity contribution in [2.75, 3.05) is 17.9 Å². The Hall–Kier alpha value is -3.36. The van der Waals surface area contributed by atoms with Crippen LogP contribution in [0.1, 0.15) is 24.5 Å². The molecule has 36 heavy (non-hydrogen) atoms. The highest BCUT2D eigenvalue weighted by molar-refractivity contribution is 7.92. The quantitative estimate of drug-likeness (QED) is 0.423. The average molecular weight is 528 g/mol. The second-order valence-corrected chi connectivity index (χ2v) is 10.6. The van der Waals surface area contributed by atoms with Crippen molar-refractivity contribution in [3.05, 3.63) is 95.0 Å². The predicted molar refractivity (Wildman–Crippen MR) is 142 cm³/mol. The molecule has 1 unspecified atom stereocenters. The number of para-hydroxylation sites is 1. The molecule has 0 radical (unpaired) electrons. The summed E-state index contributed by atoms with van der Waals surface area (Å²) in [5.41, 5.74) is 1.87. The highest BCUT2D eigenvalue weighted by Gasteiger charge is 2.33. The second kappa shape index (κ2) is 12.1. The number of rotatable bonds is 10. The molecule has 0 aromatic heterocycles. The van der Waals surface area contributed by atoms with E-state index < -0.39 is 28.5 Å². The summed E-state index contributed by atoms with van der Waals surface area (Å²) in [6.07, 6.45) is 0.356. The Balaban J connectivity index is 2.05. The zero-order valence-corrected chi connectivity index (χ0v) is 22.1. The van der Waals surface area contributed by atoms with Gasteiger partial charge in [0, 0.05) is 18.6 Å². The molecule has 0 saturated carbocycles. The number of hydrogen-bond acceptors (Lipinski definition) is 4. The normalized spacial score (nSPS) is 12.0. The maximum Gasteiger partial charge on any atom is 0.264 e. The van der Waals surface area contributed by atoms with E-state index >= 15 is 0 Å². The van der Waals surface area contributed by atoms with Crippen molar-refractivity contribution in [2.45, 2.75) is 37.8 Å². The number of nitrogens with one attached hydrogen (secondary N) is 1. The van der Waals surface area contributed by atoms with E-state index in [-0.39, 0.29) is 17.3 Å². The molecule has 0 heterocycles. The van der Waals surface area contributed by atoms with Crippen LogP contribution in [0.2, 0.25) is 5.02 Å². The van der Waals surface area contributed by atoms with E-state index in [1.54, 1.807) is 73.7 Å². The standard InChI is InChI=1S/C27H30ClN3O4S/c1-4-24(27(33)29-3)30(18-21-14-16-22(28)17-15-21)26(32)19-31(25-13-9-8-10-20(25)2)36(34,35)23-11-6-5-7-12-23/h5-17,24H,4,18-19H2,1-3H3,(H,29,33). The third-order valence-electron chi connectivity index (χ3n) is 5.89. The van der Waals surface area contributed by atoms with Gasteiger partial charge in [0.05, 0.1) is 10.6 Å². The van der Waals surface area contributed by atoms with Crippen LogP contribution < -0.4 is 9.62 Å². The number of sulfonamides is 1. The minimum absolute atomic E-state index is 0.0728. The van der Waals surface area contributed by atoms with Gasteiger partial charge in [0.25, 0.3) is 10.0 Å². The van der Waals surface area contributed by atoms with Gasteiger partial charge in [0.1, 0.15) is 12.6 Å². The van der Waals surface area contributed by atoms with Gasteiger partial charge in [-0.3, -0.25) is 13.9 Å². The second-order valence-electron chi connectivity index (χ2n) is 8.30. The van der Waals surface area contributed by atoms with E-state index in [4.69, 9.17) is 11.6 Å². The van der Waals surface area contributed by atoms with Gasteiger partial charge in [0.2, 0.25) is 11.8 Å².